The number of carbonyl (C=O) groups excluding carboxylic acids is 1. The van der Waals surface area contributed by atoms with Crippen molar-refractivity contribution in [1.82, 2.24) is 14.9 Å². The maximum atomic E-state index is 14.0. The number of nitrogens with zero attached hydrogens (tertiary/aromatic N) is 3. The van der Waals surface area contributed by atoms with Crippen LogP contribution in [0.5, 0.6) is 0 Å². The summed E-state index contributed by atoms with van der Waals surface area (Å²) in [7, 11) is 0. The van der Waals surface area contributed by atoms with E-state index in [-0.39, 0.29) is 23.2 Å². The summed E-state index contributed by atoms with van der Waals surface area (Å²) < 4.78 is 27.5. The van der Waals surface area contributed by atoms with Crippen LogP contribution in [0.15, 0.2) is 60.8 Å². The molecule has 0 aliphatic carbocycles. The summed E-state index contributed by atoms with van der Waals surface area (Å²) in [4.78, 5) is 23.3. The monoisotopic (exact) mass is 379 g/mol. The second kappa shape index (κ2) is 7.84. The minimum atomic E-state index is -0.509. The standard InChI is InChI=1S/C22H19F2N3O/c23-17-7-3-5-15(13-17)21-25-11-10-20(26-21)16-6-4-12-27(14-16)22(28)18-8-1-2-9-19(18)24/h1-3,5,7-11,13,16H,4,6,12,14H2/t16-/m1/s1. The molecule has 0 saturated carbocycles. The summed E-state index contributed by atoms with van der Waals surface area (Å²) in [6.45, 7) is 1.05. The Morgan fingerprint density at radius 3 is 2.75 bits per heavy atom. The lowest BCUT2D eigenvalue weighted by Crippen LogP contribution is -2.39. The molecule has 1 aliphatic heterocycles. The third-order valence-electron chi connectivity index (χ3n) is 4.99. The molecule has 28 heavy (non-hydrogen) atoms. The van der Waals surface area contributed by atoms with Crippen molar-refractivity contribution in [3.05, 3.63) is 83.7 Å². The molecule has 4 rings (SSSR count). The maximum Gasteiger partial charge on any atom is 0.256 e. The van der Waals surface area contributed by atoms with E-state index in [1.165, 1.54) is 24.3 Å². The van der Waals surface area contributed by atoms with Gasteiger partial charge in [0.25, 0.3) is 5.91 Å². The Balaban J connectivity index is 1.56. The van der Waals surface area contributed by atoms with Gasteiger partial charge in [0.1, 0.15) is 11.6 Å². The number of aromatic nitrogens is 2. The summed E-state index contributed by atoms with van der Waals surface area (Å²) in [6, 6.07) is 14.0. The van der Waals surface area contributed by atoms with Crippen LogP contribution in [0, 0.1) is 11.6 Å². The fourth-order valence-electron chi connectivity index (χ4n) is 3.57. The second-order valence-electron chi connectivity index (χ2n) is 6.89. The first kappa shape index (κ1) is 18.2. The van der Waals surface area contributed by atoms with Crippen LogP contribution < -0.4 is 0 Å². The minimum absolute atomic E-state index is 0.0276. The van der Waals surface area contributed by atoms with E-state index >= 15 is 0 Å². The van der Waals surface area contributed by atoms with E-state index in [9.17, 15) is 13.6 Å². The van der Waals surface area contributed by atoms with Gasteiger partial charge in [0.05, 0.1) is 5.56 Å². The zero-order valence-corrected chi connectivity index (χ0v) is 15.2. The van der Waals surface area contributed by atoms with E-state index in [4.69, 9.17) is 0 Å². The highest BCUT2D eigenvalue weighted by Gasteiger charge is 2.27. The molecule has 4 nitrogen and oxygen atoms in total. The lowest BCUT2D eigenvalue weighted by atomic mass is 9.94. The summed E-state index contributed by atoms with van der Waals surface area (Å²) in [5, 5.41) is 0. The van der Waals surface area contributed by atoms with Crippen LogP contribution in [0.25, 0.3) is 11.4 Å². The predicted molar refractivity (Wildman–Crippen MR) is 102 cm³/mol. The van der Waals surface area contributed by atoms with Crippen molar-refractivity contribution < 1.29 is 13.6 Å². The number of hydrogen-bond donors (Lipinski definition) is 0. The SMILES string of the molecule is O=C(c1ccccc1F)N1CCC[C@@H](c2ccnc(-c3cccc(F)c3)n2)C1. The van der Waals surface area contributed by atoms with Crippen molar-refractivity contribution in [2.75, 3.05) is 13.1 Å². The number of hydrogen-bond acceptors (Lipinski definition) is 3. The molecule has 142 valence electrons. The summed E-state index contributed by atoms with van der Waals surface area (Å²) in [5.41, 5.74) is 1.50. The fraction of sp³-hybridized carbons (Fsp3) is 0.227. The smallest absolute Gasteiger partial charge is 0.256 e. The van der Waals surface area contributed by atoms with Gasteiger partial charge in [0, 0.05) is 36.5 Å². The number of rotatable bonds is 3. The first-order chi connectivity index (χ1) is 13.6. The first-order valence-corrected chi connectivity index (χ1v) is 9.24. The Labute approximate surface area is 161 Å². The van der Waals surface area contributed by atoms with E-state index in [1.807, 2.05) is 6.07 Å². The largest absolute Gasteiger partial charge is 0.338 e. The molecule has 2 heterocycles. The summed E-state index contributed by atoms with van der Waals surface area (Å²) in [5.74, 6) is -0.674. The second-order valence-corrected chi connectivity index (χ2v) is 6.89. The molecule has 1 aromatic heterocycles. The van der Waals surface area contributed by atoms with Crippen LogP contribution in [0.2, 0.25) is 0 Å². The highest BCUT2D eigenvalue weighted by Crippen LogP contribution is 2.28. The zero-order chi connectivity index (χ0) is 19.5. The molecular formula is C22H19F2N3O. The molecule has 0 spiro atoms. The van der Waals surface area contributed by atoms with Crippen LogP contribution in [-0.4, -0.2) is 33.9 Å². The third-order valence-corrected chi connectivity index (χ3v) is 4.99. The number of likely N-dealkylation sites (tertiary alicyclic amines) is 1. The van der Waals surface area contributed by atoms with Crippen LogP contribution >= 0.6 is 0 Å². The topological polar surface area (TPSA) is 46.1 Å². The van der Waals surface area contributed by atoms with E-state index in [1.54, 1.807) is 35.4 Å². The first-order valence-electron chi connectivity index (χ1n) is 9.24. The van der Waals surface area contributed by atoms with Crippen LogP contribution in [0.1, 0.15) is 34.8 Å². The van der Waals surface area contributed by atoms with Gasteiger partial charge in [0.15, 0.2) is 5.82 Å². The average molecular weight is 379 g/mol. The average Bonchev–Trinajstić information content (AvgIpc) is 2.74. The number of piperidine rings is 1. The zero-order valence-electron chi connectivity index (χ0n) is 15.2. The van der Waals surface area contributed by atoms with E-state index in [2.05, 4.69) is 9.97 Å². The molecular weight excluding hydrogens is 360 g/mol. The fourth-order valence-corrected chi connectivity index (χ4v) is 3.57. The van der Waals surface area contributed by atoms with Crippen molar-refractivity contribution in [1.29, 1.82) is 0 Å². The third kappa shape index (κ3) is 3.76. The Hall–Kier alpha value is -3.15. The van der Waals surface area contributed by atoms with Crippen LogP contribution in [0.3, 0.4) is 0 Å². The van der Waals surface area contributed by atoms with Gasteiger partial charge < -0.3 is 4.90 Å². The van der Waals surface area contributed by atoms with E-state index < -0.39 is 5.82 Å². The molecule has 1 atom stereocenters. The molecule has 2 aromatic carbocycles. The van der Waals surface area contributed by atoms with E-state index in [0.717, 1.165) is 18.5 Å². The Morgan fingerprint density at radius 2 is 1.93 bits per heavy atom. The van der Waals surface area contributed by atoms with Gasteiger partial charge >= 0.3 is 0 Å². The van der Waals surface area contributed by atoms with Crippen molar-refractivity contribution >= 4 is 5.91 Å². The highest BCUT2D eigenvalue weighted by molar-refractivity contribution is 5.94. The maximum absolute atomic E-state index is 14.0. The molecule has 0 radical (unpaired) electrons. The Morgan fingerprint density at radius 1 is 1.07 bits per heavy atom. The molecule has 0 unspecified atom stereocenters. The van der Waals surface area contributed by atoms with Gasteiger partial charge in [0.2, 0.25) is 0 Å². The van der Waals surface area contributed by atoms with Gasteiger partial charge in [-0.25, -0.2) is 18.7 Å². The number of halogens is 2. The van der Waals surface area contributed by atoms with Crippen molar-refractivity contribution in [3.8, 4) is 11.4 Å². The normalized spacial score (nSPS) is 16.8. The lowest BCUT2D eigenvalue weighted by Gasteiger charge is -2.32. The highest BCUT2D eigenvalue weighted by atomic mass is 19.1. The quantitative estimate of drug-likeness (QED) is 0.676. The van der Waals surface area contributed by atoms with Gasteiger partial charge in [-0.05, 0) is 43.2 Å². The summed E-state index contributed by atoms with van der Waals surface area (Å²) >= 11 is 0. The minimum Gasteiger partial charge on any atom is -0.338 e. The van der Waals surface area contributed by atoms with Crippen molar-refractivity contribution in [3.63, 3.8) is 0 Å². The molecule has 0 bridgehead atoms. The Bertz CT molecular complexity index is 1010. The van der Waals surface area contributed by atoms with Gasteiger partial charge in [-0.2, -0.15) is 0 Å². The molecule has 1 fully saturated rings. The summed E-state index contributed by atoms with van der Waals surface area (Å²) in [6.07, 6.45) is 3.34. The van der Waals surface area contributed by atoms with Crippen LogP contribution in [0.4, 0.5) is 8.78 Å². The number of carbonyl (C=O) groups is 1. The lowest BCUT2D eigenvalue weighted by molar-refractivity contribution is 0.0701. The Kier molecular flexibility index (Phi) is 5.10. The molecule has 6 heteroatoms. The molecule has 1 saturated heterocycles. The molecule has 0 N–H and O–H groups in total. The van der Waals surface area contributed by atoms with Gasteiger partial charge in [-0.3, -0.25) is 4.79 Å². The molecule has 3 aromatic rings. The number of benzene rings is 2. The predicted octanol–water partition coefficient (Wildman–Crippen LogP) is 4.44. The number of amides is 1. The molecule has 1 aliphatic rings. The van der Waals surface area contributed by atoms with Crippen LogP contribution in [-0.2, 0) is 0 Å². The van der Waals surface area contributed by atoms with Crippen molar-refractivity contribution in [2.24, 2.45) is 0 Å². The van der Waals surface area contributed by atoms with Gasteiger partial charge in [-0.1, -0.05) is 24.3 Å². The van der Waals surface area contributed by atoms with Gasteiger partial charge in [-0.15, -0.1) is 0 Å². The molecule has 1 amide bonds. The van der Waals surface area contributed by atoms with E-state index in [0.29, 0.717) is 24.5 Å². The van der Waals surface area contributed by atoms with Crippen molar-refractivity contribution in [2.45, 2.75) is 18.8 Å².